The fraction of sp³-hybridized carbons (Fsp3) is 0. The number of hydrogen-bond donors (Lipinski definition) is 0. The molecule has 3 aromatic heterocycles. The van der Waals surface area contributed by atoms with Crippen molar-refractivity contribution in [3.63, 3.8) is 0 Å². The van der Waals surface area contributed by atoms with E-state index in [4.69, 9.17) is 9.97 Å². The summed E-state index contributed by atoms with van der Waals surface area (Å²) < 4.78 is 4.87. The van der Waals surface area contributed by atoms with Gasteiger partial charge in [-0.25, -0.2) is 9.97 Å². The summed E-state index contributed by atoms with van der Waals surface area (Å²) in [6, 6.07) is 64.1. The molecule has 1 aliphatic rings. The lowest BCUT2D eigenvalue weighted by Crippen LogP contribution is -2.73. The summed E-state index contributed by atoms with van der Waals surface area (Å²) in [6.07, 6.45) is 0. The van der Waals surface area contributed by atoms with Crippen molar-refractivity contribution >= 4 is 82.1 Å². The van der Waals surface area contributed by atoms with Crippen molar-refractivity contribution in [1.82, 2.24) is 14.5 Å². The zero-order valence-corrected chi connectivity index (χ0v) is 29.3. The van der Waals surface area contributed by atoms with Gasteiger partial charge in [-0.1, -0.05) is 152 Å². The highest BCUT2D eigenvalue weighted by Gasteiger charge is 2.51. The van der Waals surface area contributed by atoms with Crippen LogP contribution in [0, 0.1) is 0 Å². The molecule has 0 atom stereocenters. The van der Waals surface area contributed by atoms with Gasteiger partial charge in [0.05, 0.1) is 22.4 Å². The third kappa shape index (κ3) is 3.99. The van der Waals surface area contributed by atoms with Gasteiger partial charge in [0.15, 0.2) is 8.07 Å². The van der Waals surface area contributed by atoms with Gasteiger partial charge < -0.3 is 0 Å². The molecule has 3 nitrogen and oxygen atoms in total. The van der Waals surface area contributed by atoms with Gasteiger partial charge in [0.2, 0.25) is 5.95 Å². The molecule has 0 unspecified atom stereocenters. The molecular weight excluding hydrogens is 655 g/mol. The number of rotatable bonds is 4. The molecule has 51 heavy (non-hydrogen) atoms. The SMILES string of the molecule is c1ccc(-c2nc(-n3c4ccccc4c4cc5c(cc43)sc3ccccc35)nc3c2[Si](c2ccccc2)(c2ccccc2)c2ccccc2-3)cc1. The average molecular weight is 684 g/mol. The average Bonchev–Trinajstić information content (AvgIpc) is 3.83. The van der Waals surface area contributed by atoms with E-state index in [1.807, 2.05) is 11.3 Å². The lowest BCUT2D eigenvalue weighted by atomic mass is 10.1. The highest BCUT2D eigenvalue weighted by molar-refractivity contribution is 7.26. The molecule has 1 aliphatic heterocycles. The van der Waals surface area contributed by atoms with Crippen LogP contribution in [0.25, 0.3) is 70.4 Å². The number of thiophene rings is 1. The van der Waals surface area contributed by atoms with Gasteiger partial charge in [-0.2, -0.15) is 0 Å². The first-order chi connectivity index (χ1) is 25.3. The quantitative estimate of drug-likeness (QED) is 0.174. The Morgan fingerprint density at radius 1 is 0.451 bits per heavy atom. The van der Waals surface area contributed by atoms with E-state index in [2.05, 4.69) is 180 Å². The Morgan fingerprint density at radius 3 is 1.82 bits per heavy atom. The maximum atomic E-state index is 5.70. The summed E-state index contributed by atoms with van der Waals surface area (Å²) in [5.74, 6) is 0.694. The van der Waals surface area contributed by atoms with Gasteiger partial charge in [0.25, 0.3) is 0 Å². The molecule has 238 valence electrons. The summed E-state index contributed by atoms with van der Waals surface area (Å²) in [5, 5.41) is 10.3. The minimum Gasteiger partial charge on any atom is -0.278 e. The first-order valence-electron chi connectivity index (χ1n) is 17.3. The summed E-state index contributed by atoms with van der Waals surface area (Å²) in [7, 11) is -2.86. The zero-order valence-electron chi connectivity index (χ0n) is 27.5. The summed E-state index contributed by atoms with van der Waals surface area (Å²) >= 11 is 1.85. The second-order valence-corrected chi connectivity index (χ2v) is 18.1. The highest BCUT2D eigenvalue weighted by atomic mass is 32.1. The molecule has 7 aromatic carbocycles. The lowest BCUT2D eigenvalue weighted by molar-refractivity contribution is 1.00. The molecule has 0 aliphatic carbocycles. The fourth-order valence-corrected chi connectivity index (χ4v) is 15.0. The number of fused-ring (bicyclic) bond motifs is 9. The molecule has 0 spiro atoms. The Kier molecular flexibility index (Phi) is 6.14. The molecular formula is C46H29N3SSi. The van der Waals surface area contributed by atoms with Crippen LogP contribution in [0.4, 0.5) is 0 Å². The van der Waals surface area contributed by atoms with Crippen LogP contribution < -0.4 is 20.7 Å². The Bertz CT molecular complexity index is 2930. The van der Waals surface area contributed by atoms with Crippen LogP contribution in [-0.2, 0) is 0 Å². The van der Waals surface area contributed by atoms with E-state index in [1.54, 1.807) is 0 Å². The van der Waals surface area contributed by atoms with Crippen LogP contribution in [0.5, 0.6) is 0 Å². The monoisotopic (exact) mass is 683 g/mol. The molecule has 0 saturated heterocycles. The molecule has 11 rings (SSSR count). The predicted molar refractivity (Wildman–Crippen MR) is 217 cm³/mol. The molecule has 0 amide bonds. The van der Waals surface area contributed by atoms with E-state index in [0.717, 1.165) is 28.0 Å². The fourth-order valence-electron chi connectivity index (χ4n) is 8.60. The van der Waals surface area contributed by atoms with E-state index < -0.39 is 8.07 Å². The van der Waals surface area contributed by atoms with Crippen LogP contribution in [0.1, 0.15) is 0 Å². The van der Waals surface area contributed by atoms with E-state index in [1.165, 1.54) is 57.3 Å². The third-order valence-electron chi connectivity index (χ3n) is 10.7. The topological polar surface area (TPSA) is 30.7 Å². The third-order valence-corrected chi connectivity index (χ3v) is 16.7. The van der Waals surface area contributed by atoms with Crippen molar-refractivity contribution in [2.45, 2.75) is 0 Å². The maximum absolute atomic E-state index is 5.70. The number of aromatic nitrogens is 3. The first-order valence-corrected chi connectivity index (χ1v) is 20.2. The number of benzene rings is 7. The van der Waals surface area contributed by atoms with Gasteiger partial charge >= 0.3 is 0 Å². The van der Waals surface area contributed by atoms with Crippen molar-refractivity contribution in [3.8, 4) is 28.5 Å². The van der Waals surface area contributed by atoms with Crippen LogP contribution in [-0.4, -0.2) is 22.6 Å². The standard InChI is InChI=1S/C46H29N3SSi/c1-4-16-30(17-5-1)43-45-44(35-24-12-15-27-42(35)51(45,31-18-6-2-7-19-31)32-20-8-3-9-21-32)48-46(47-43)49-38-25-13-10-22-33(38)36-28-37-34-23-11-14-26-40(34)50-41(37)29-39(36)49/h1-29H. The predicted octanol–water partition coefficient (Wildman–Crippen LogP) is 8.97. The van der Waals surface area contributed by atoms with Gasteiger partial charge in [0, 0.05) is 47.3 Å². The second kappa shape index (κ2) is 10.9. The van der Waals surface area contributed by atoms with Crippen molar-refractivity contribution < 1.29 is 0 Å². The molecule has 10 aromatic rings. The van der Waals surface area contributed by atoms with Crippen LogP contribution in [0.2, 0.25) is 0 Å². The van der Waals surface area contributed by atoms with Crippen molar-refractivity contribution in [3.05, 3.63) is 176 Å². The Morgan fingerprint density at radius 2 is 1.06 bits per heavy atom. The van der Waals surface area contributed by atoms with Crippen LogP contribution in [0.3, 0.4) is 0 Å². The van der Waals surface area contributed by atoms with Crippen LogP contribution in [0.15, 0.2) is 176 Å². The highest BCUT2D eigenvalue weighted by Crippen LogP contribution is 2.41. The van der Waals surface area contributed by atoms with E-state index in [0.29, 0.717) is 5.95 Å². The molecule has 4 heterocycles. The summed E-state index contributed by atoms with van der Waals surface area (Å²) in [6.45, 7) is 0. The molecule has 0 saturated carbocycles. The smallest absolute Gasteiger partial charge is 0.235 e. The van der Waals surface area contributed by atoms with Crippen LogP contribution >= 0.6 is 11.3 Å². The van der Waals surface area contributed by atoms with Crippen molar-refractivity contribution in [1.29, 1.82) is 0 Å². The number of para-hydroxylation sites is 1. The molecule has 0 radical (unpaired) electrons. The Balaban J connectivity index is 1.30. The normalized spacial score (nSPS) is 13.3. The molecule has 5 heteroatoms. The largest absolute Gasteiger partial charge is 0.278 e. The van der Waals surface area contributed by atoms with Gasteiger partial charge in [-0.05, 0) is 39.8 Å². The van der Waals surface area contributed by atoms with Crippen molar-refractivity contribution in [2.24, 2.45) is 0 Å². The minimum absolute atomic E-state index is 0.694. The molecule has 0 N–H and O–H groups in total. The minimum atomic E-state index is -2.86. The number of hydrogen-bond acceptors (Lipinski definition) is 3. The summed E-state index contributed by atoms with van der Waals surface area (Å²) in [5.41, 5.74) is 6.55. The van der Waals surface area contributed by atoms with Crippen molar-refractivity contribution in [2.75, 3.05) is 0 Å². The van der Waals surface area contributed by atoms with Gasteiger partial charge in [0.1, 0.15) is 0 Å². The Labute approximate surface area is 299 Å². The lowest BCUT2D eigenvalue weighted by Gasteiger charge is -2.32. The Hall–Kier alpha value is -6.14. The van der Waals surface area contributed by atoms with Gasteiger partial charge in [-0.3, -0.25) is 4.57 Å². The second-order valence-electron chi connectivity index (χ2n) is 13.3. The van der Waals surface area contributed by atoms with E-state index in [-0.39, 0.29) is 0 Å². The number of nitrogens with zero attached hydrogens (tertiary/aromatic N) is 3. The van der Waals surface area contributed by atoms with E-state index >= 15 is 0 Å². The van der Waals surface area contributed by atoms with E-state index in [9.17, 15) is 0 Å². The first kappa shape index (κ1) is 28.7. The summed E-state index contributed by atoms with van der Waals surface area (Å²) in [4.78, 5) is 11.4. The maximum Gasteiger partial charge on any atom is 0.235 e. The van der Waals surface area contributed by atoms with Gasteiger partial charge in [-0.15, -0.1) is 11.3 Å². The molecule has 0 bridgehead atoms. The molecule has 0 fully saturated rings. The zero-order chi connectivity index (χ0) is 33.5.